The van der Waals surface area contributed by atoms with Gasteiger partial charge in [-0.25, -0.2) is 9.55 Å². The van der Waals surface area contributed by atoms with E-state index in [2.05, 4.69) is 114 Å². The normalized spacial score (nSPS) is 11.5. The summed E-state index contributed by atoms with van der Waals surface area (Å²) < 4.78 is 2.25. The molecule has 0 saturated heterocycles. The van der Waals surface area contributed by atoms with Gasteiger partial charge in [-0.05, 0) is 88.1 Å². The average molecular weight is 432 g/mol. The summed E-state index contributed by atoms with van der Waals surface area (Å²) >= 11 is 0. The Morgan fingerprint density at radius 2 is 1.27 bits per heavy atom. The van der Waals surface area contributed by atoms with Gasteiger partial charge in [-0.15, -0.1) is 0 Å². The predicted molar refractivity (Wildman–Crippen MR) is 140 cm³/mol. The Bertz CT molecular complexity index is 1550. The first-order chi connectivity index (χ1) is 15.7. The fraction of sp³-hybridized carbons (Fsp3) is 0.226. The average Bonchev–Trinajstić information content (AvgIpc) is 2.75. The molecular weight excluding hydrogens is 400 g/mol. The van der Waals surface area contributed by atoms with Crippen molar-refractivity contribution in [3.8, 4) is 22.5 Å². The molecule has 0 aliphatic carbocycles. The first kappa shape index (κ1) is 21.3. The SMILES string of the molecule is Cc1cc(C)c(-c2ccc3c(ccc4c(-c5cc(C)cc(C)c5C)[n+](C)ccc43)n2)c(C)c1. The number of pyridine rings is 2. The second kappa shape index (κ2) is 7.81. The highest BCUT2D eigenvalue weighted by Crippen LogP contribution is 2.35. The van der Waals surface area contributed by atoms with Crippen LogP contribution in [0.3, 0.4) is 0 Å². The molecule has 2 heterocycles. The molecule has 0 saturated carbocycles. The number of aryl methyl sites for hydroxylation is 6. The molecule has 2 nitrogen and oxygen atoms in total. The molecule has 0 unspecified atom stereocenters. The minimum atomic E-state index is 1.04. The van der Waals surface area contributed by atoms with E-state index in [-0.39, 0.29) is 0 Å². The van der Waals surface area contributed by atoms with Crippen LogP contribution < -0.4 is 4.57 Å². The van der Waals surface area contributed by atoms with Crippen LogP contribution in [-0.4, -0.2) is 4.98 Å². The number of hydrogen-bond acceptors (Lipinski definition) is 1. The van der Waals surface area contributed by atoms with Crippen LogP contribution in [-0.2, 0) is 7.05 Å². The lowest BCUT2D eigenvalue weighted by Crippen LogP contribution is -2.30. The molecule has 3 aromatic carbocycles. The van der Waals surface area contributed by atoms with Crippen molar-refractivity contribution in [3.05, 3.63) is 94.2 Å². The van der Waals surface area contributed by atoms with Crippen molar-refractivity contribution in [1.82, 2.24) is 4.98 Å². The van der Waals surface area contributed by atoms with E-state index < -0.39 is 0 Å². The van der Waals surface area contributed by atoms with Gasteiger partial charge in [0, 0.05) is 22.4 Å². The molecule has 5 aromatic rings. The number of nitrogens with zero attached hydrogens (tertiary/aromatic N) is 2. The second-order valence-electron chi connectivity index (χ2n) is 9.59. The monoisotopic (exact) mass is 431 g/mol. The van der Waals surface area contributed by atoms with Crippen LogP contribution in [0, 0.1) is 41.5 Å². The highest BCUT2D eigenvalue weighted by molar-refractivity contribution is 6.10. The minimum Gasteiger partial charge on any atom is -0.248 e. The van der Waals surface area contributed by atoms with Gasteiger partial charge in [0.05, 0.1) is 22.2 Å². The number of rotatable bonds is 2. The first-order valence-corrected chi connectivity index (χ1v) is 11.6. The van der Waals surface area contributed by atoms with Gasteiger partial charge in [0.15, 0.2) is 6.20 Å². The quantitative estimate of drug-likeness (QED) is 0.210. The third kappa shape index (κ3) is 3.51. The Morgan fingerprint density at radius 1 is 0.636 bits per heavy atom. The third-order valence-corrected chi connectivity index (χ3v) is 6.99. The number of fused-ring (bicyclic) bond motifs is 3. The molecule has 0 fully saturated rings. The van der Waals surface area contributed by atoms with Crippen LogP contribution in [0.25, 0.3) is 44.2 Å². The summed E-state index contributed by atoms with van der Waals surface area (Å²) in [5.74, 6) is 0. The summed E-state index contributed by atoms with van der Waals surface area (Å²) in [6.07, 6.45) is 2.18. The molecule has 0 spiro atoms. The van der Waals surface area contributed by atoms with E-state index in [9.17, 15) is 0 Å². The van der Waals surface area contributed by atoms with E-state index in [1.54, 1.807) is 0 Å². The summed E-state index contributed by atoms with van der Waals surface area (Å²) in [5.41, 5.74) is 13.7. The molecule has 0 aliphatic rings. The maximum Gasteiger partial charge on any atom is 0.220 e. The molecule has 5 rings (SSSR count). The molecule has 0 amide bonds. The van der Waals surface area contributed by atoms with Crippen molar-refractivity contribution < 1.29 is 4.57 Å². The molecule has 0 bridgehead atoms. The van der Waals surface area contributed by atoms with Crippen LogP contribution in [0.15, 0.2) is 60.8 Å². The Hall–Kier alpha value is -3.52. The summed E-state index contributed by atoms with van der Waals surface area (Å²) in [5, 5.41) is 3.70. The fourth-order valence-electron chi connectivity index (χ4n) is 5.41. The van der Waals surface area contributed by atoms with Crippen molar-refractivity contribution in [3.63, 3.8) is 0 Å². The maximum atomic E-state index is 5.11. The van der Waals surface area contributed by atoms with Gasteiger partial charge >= 0.3 is 0 Å². The lowest BCUT2D eigenvalue weighted by atomic mass is 9.93. The van der Waals surface area contributed by atoms with Gasteiger partial charge < -0.3 is 0 Å². The van der Waals surface area contributed by atoms with E-state index in [0.29, 0.717) is 0 Å². The van der Waals surface area contributed by atoms with Crippen molar-refractivity contribution in [1.29, 1.82) is 0 Å². The third-order valence-electron chi connectivity index (χ3n) is 6.99. The van der Waals surface area contributed by atoms with Gasteiger partial charge in [0.1, 0.15) is 7.05 Å². The molecule has 0 aliphatic heterocycles. The Kier molecular flexibility index (Phi) is 5.05. The van der Waals surface area contributed by atoms with Crippen molar-refractivity contribution in [2.45, 2.75) is 41.5 Å². The molecule has 33 heavy (non-hydrogen) atoms. The zero-order chi connectivity index (χ0) is 23.4. The Balaban J connectivity index is 1.77. The molecule has 0 atom stereocenters. The van der Waals surface area contributed by atoms with E-state index in [1.165, 1.54) is 66.4 Å². The van der Waals surface area contributed by atoms with Crippen molar-refractivity contribution >= 4 is 21.7 Å². The molecule has 164 valence electrons. The highest BCUT2D eigenvalue weighted by atomic mass is 14.9. The molecule has 2 heteroatoms. The predicted octanol–water partition coefficient (Wildman–Crippen LogP) is 7.40. The summed E-state index contributed by atoms with van der Waals surface area (Å²) in [6, 6.07) is 20.1. The van der Waals surface area contributed by atoms with Crippen LogP contribution in [0.4, 0.5) is 0 Å². The molecular formula is C31H31N2+. The van der Waals surface area contributed by atoms with Crippen LogP contribution in [0.2, 0.25) is 0 Å². The summed E-state index contributed by atoms with van der Waals surface area (Å²) in [7, 11) is 2.14. The zero-order valence-electron chi connectivity index (χ0n) is 20.7. The van der Waals surface area contributed by atoms with E-state index in [0.717, 1.165) is 11.2 Å². The summed E-state index contributed by atoms with van der Waals surface area (Å²) in [6.45, 7) is 13.1. The molecule has 0 radical (unpaired) electrons. The van der Waals surface area contributed by atoms with Crippen LogP contribution >= 0.6 is 0 Å². The lowest BCUT2D eigenvalue weighted by Gasteiger charge is -2.14. The lowest BCUT2D eigenvalue weighted by molar-refractivity contribution is -0.659. The Labute approximate surface area is 196 Å². The van der Waals surface area contributed by atoms with Crippen molar-refractivity contribution in [2.24, 2.45) is 7.05 Å². The minimum absolute atomic E-state index is 1.04. The smallest absolute Gasteiger partial charge is 0.220 e. The van der Waals surface area contributed by atoms with E-state index in [4.69, 9.17) is 4.98 Å². The maximum absolute atomic E-state index is 5.11. The van der Waals surface area contributed by atoms with Gasteiger partial charge in [-0.3, -0.25) is 0 Å². The molecule has 0 N–H and O–H groups in total. The van der Waals surface area contributed by atoms with E-state index in [1.807, 2.05) is 0 Å². The van der Waals surface area contributed by atoms with Gasteiger partial charge in [-0.2, -0.15) is 0 Å². The number of aromatic nitrogens is 2. The first-order valence-electron chi connectivity index (χ1n) is 11.6. The number of hydrogen-bond donors (Lipinski definition) is 0. The molecule has 2 aromatic heterocycles. The topological polar surface area (TPSA) is 16.8 Å². The highest BCUT2D eigenvalue weighted by Gasteiger charge is 2.20. The van der Waals surface area contributed by atoms with Crippen LogP contribution in [0.5, 0.6) is 0 Å². The number of benzene rings is 3. The Morgan fingerprint density at radius 3 is 2.00 bits per heavy atom. The van der Waals surface area contributed by atoms with Gasteiger partial charge in [-0.1, -0.05) is 35.4 Å². The fourth-order valence-corrected chi connectivity index (χ4v) is 5.41. The van der Waals surface area contributed by atoms with Gasteiger partial charge in [0.25, 0.3) is 0 Å². The standard InChI is InChI=1S/C31H31N2/c1-18-15-21(4)30(22(5)16-18)29-11-8-25-24-12-13-33(7)31(26(24)9-10-28(25)32-29)27-17-19(2)14-20(3)23(27)6/h8-17H,1-7H3/q+1. The van der Waals surface area contributed by atoms with Crippen molar-refractivity contribution in [2.75, 3.05) is 0 Å². The summed E-state index contributed by atoms with van der Waals surface area (Å²) in [4.78, 5) is 5.11. The zero-order valence-corrected chi connectivity index (χ0v) is 20.7. The van der Waals surface area contributed by atoms with Crippen LogP contribution in [0.1, 0.15) is 33.4 Å². The van der Waals surface area contributed by atoms with E-state index >= 15 is 0 Å². The second-order valence-corrected chi connectivity index (χ2v) is 9.59. The largest absolute Gasteiger partial charge is 0.248 e. The van der Waals surface area contributed by atoms with Gasteiger partial charge in [0.2, 0.25) is 5.69 Å².